The number of esters is 3. The smallest absolute Gasteiger partial charge is 0.306 e. The van der Waals surface area contributed by atoms with E-state index in [1.54, 1.807) is 0 Å². The molecule has 0 heterocycles. The number of allylic oxidation sites excluding steroid dienone is 18. The Balaban J connectivity index is 4.57. The molecule has 0 aliphatic carbocycles. The minimum Gasteiger partial charge on any atom is -0.462 e. The summed E-state index contributed by atoms with van der Waals surface area (Å²) in [6.07, 6.45) is 62.2. The van der Waals surface area contributed by atoms with Crippen LogP contribution in [0.15, 0.2) is 109 Å². The lowest BCUT2D eigenvalue weighted by molar-refractivity contribution is -0.166. The Hall–Kier alpha value is -3.93. The third-order valence-corrected chi connectivity index (χ3v) is 9.38. The van der Waals surface area contributed by atoms with Crippen LogP contribution in [-0.2, 0) is 28.6 Å². The van der Waals surface area contributed by atoms with E-state index >= 15 is 0 Å². The van der Waals surface area contributed by atoms with Crippen LogP contribution in [0.2, 0.25) is 0 Å². The van der Waals surface area contributed by atoms with Gasteiger partial charge in [-0.05, 0) is 70.6 Å². The molecular formula is C53H84O6. The first-order valence-electron chi connectivity index (χ1n) is 23.4. The maximum atomic E-state index is 12.7. The molecule has 0 fully saturated rings. The highest BCUT2D eigenvalue weighted by molar-refractivity contribution is 5.71. The summed E-state index contributed by atoms with van der Waals surface area (Å²) in [4.78, 5) is 37.8. The zero-order valence-electron chi connectivity index (χ0n) is 37.7. The molecule has 0 aromatic heterocycles. The Labute approximate surface area is 361 Å². The molecule has 6 heteroatoms. The van der Waals surface area contributed by atoms with Gasteiger partial charge in [0.15, 0.2) is 6.10 Å². The van der Waals surface area contributed by atoms with E-state index in [0.29, 0.717) is 19.3 Å². The maximum absolute atomic E-state index is 12.7. The first-order chi connectivity index (χ1) is 29.0. The van der Waals surface area contributed by atoms with E-state index in [1.165, 1.54) is 57.8 Å². The van der Waals surface area contributed by atoms with Crippen LogP contribution >= 0.6 is 0 Å². The van der Waals surface area contributed by atoms with Crippen LogP contribution in [0.3, 0.4) is 0 Å². The van der Waals surface area contributed by atoms with E-state index in [0.717, 1.165) is 77.0 Å². The van der Waals surface area contributed by atoms with E-state index in [9.17, 15) is 14.4 Å². The molecule has 0 aliphatic heterocycles. The second-order valence-electron chi connectivity index (χ2n) is 15.0. The van der Waals surface area contributed by atoms with Gasteiger partial charge in [-0.3, -0.25) is 14.4 Å². The van der Waals surface area contributed by atoms with Crippen molar-refractivity contribution in [3.63, 3.8) is 0 Å². The largest absolute Gasteiger partial charge is 0.462 e. The van der Waals surface area contributed by atoms with Gasteiger partial charge in [-0.25, -0.2) is 0 Å². The Morgan fingerprint density at radius 1 is 0.373 bits per heavy atom. The number of hydrogen-bond acceptors (Lipinski definition) is 6. The summed E-state index contributed by atoms with van der Waals surface area (Å²) < 4.78 is 16.6. The second kappa shape index (κ2) is 46.8. The van der Waals surface area contributed by atoms with Gasteiger partial charge in [-0.2, -0.15) is 0 Å². The number of hydrogen-bond donors (Lipinski definition) is 0. The number of carbonyl (C=O) groups is 3. The lowest BCUT2D eigenvalue weighted by Crippen LogP contribution is -2.30. The second-order valence-corrected chi connectivity index (χ2v) is 15.0. The Morgan fingerprint density at radius 3 is 1.31 bits per heavy atom. The minimum atomic E-state index is -0.827. The van der Waals surface area contributed by atoms with Gasteiger partial charge in [0, 0.05) is 19.3 Å². The normalized spacial score (nSPS) is 13.1. The van der Waals surface area contributed by atoms with E-state index < -0.39 is 6.10 Å². The van der Waals surface area contributed by atoms with Crippen molar-refractivity contribution in [2.24, 2.45) is 0 Å². The van der Waals surface area contributed by atoms with E-state index in [1.807, 2.05) is 48.6 Å². The van der Waals surface area contributed by atoms with Crippen molar-refractivity contribution in [3.8, 4) is 0 Å². The molecule has 0 N–H and O–H groups in total. The summed E-state index contributed by atoms with van der Waals surface area (Å²) in [5.41, 5.74) is 0. The van der Waals surface area contributed by atoms with Gasteiger partial charge in [0.25, 0.3) is 0 Å². The van der Waals surface area contributed by atoms with Crippen molar-refractivity contribution in [1.82, 2.24) is 0 Å². The molecule has 59 heavy (non-hydrogen) atoms. The number of rotatable bonds is 40. The van der Waals surface area contributed by atoms with Crippen LogP contribution in [0, 0.1) is 0 Å². The average Bonchev–Trinajstić information content (AvgIpc) is 3.23. The van der Waals surface area contributed by atoms with E-state index in [4.69, 9.17) is 14.2 Å². The van der Waals surface area contributed by atoms with Crippen LogP contribution in [0.5, 0.6) is 0 Å². The Bertz CT molecular complexity index is 1260. The number of unbranched alkanes of at least 4 members (excludes halogenated alkanes) is 14. The van der Waals surface area contributed by atoms with Crippen molar-refractivity contribution in [1.29, 1.82) is 0 Å². The average molecular weight is 817 g/mol. The topological polar surface area (TPSA) is 78.9 Å². The van der Waals surface area contributed by atoms with Crippen LogP contribution in [0.25, 0.3) is 0 Å². The molecule has 6 nitrogen and oxygen atoms in total. The number of carbonyl (C=O) groups excluding carboxylic acids is 3. The highest BCUT2D eigenvalue weighted by atomic mass is 16.6. The highest BCUT2D eigenvalue weighted by Gasteiger charge is 2.19. The first kappa shape index (κ1) is 55.1. The zero-order valence-corrected chi connectivity index (χ0v) is 37.7. The van der Waals surface area contributed by atoms with Gasteiger partial charge in [-0.15, -0.1) is 0 Å². The molecule has 0 saturated carbocycles. The molecule has 0 saturated heterocycles. The highest BCUT2D eigenvalue weighted by Crippen LogP contribution is 2.13. The molecule has 0 bridgehead atoms. The molecular weight excluding hydrogens is 733 g/mol. The van der Waals surface area contributed by atoms with Crippen LogP contribution < -0.4 is 0 Å². The third-order valence-electron chi connectivity index (χ3n) is 9.38. The minimum absolute atomic E-state index is 0.118. The van der Waals surface area contributed by atoms with Crippen molar-refractivity contribution in [3.05, 3.63) is 109 Å². The van der Waals surface area contributed by atoms with Crippen molar-refractivity contribution < 1.29 is 28.6 Å². The lowest BCUT2D eigenvalue weighted by atomic mass is 10.0. The van der Waals surface area contributed by atoms with Gasteiger partial charge in [-0.1, -0.05) is 207 Å². The molecule has 0 aromatic rings. The van der Waals surface area contributed by atoms with Gasteiger partial charge >= 0.3 is 17.9 Å². The Kier molecular flexibility index (Phi) is 43.6. The number of ether oxygens (including phenoxy) is 3. The van der Waals surface area contributed by atoms with E-state index in [-0.39, 0.29) is 44.0 Å². The van der Waals surface area contributed by atoms with Crippen LogP contribution in [0.1, 0.15) is 188 Å². The molecule has 0 amide bonds. The summed E-state index contributed by atoms with van der Waals surface area (Å²) in [6, 6.07) is 0. The third kappa shape index (κ3) is 45.0. The maximum Gasteiger partial charge on any atom is 0.306 e. The van der Waals surface area contributed by atoms with Crippen molar-refractivity contribution in [2.75, 3.05) is 13.2 Å². The molecule has 0 rings (SSSR count). The fraction of sp³-hybridized carbons (Fsp3) is 0.604. The molecule has 1 atom stereocenters. The summed E-state index contributed by atoms with van der Waals surface area (Å²) >= 11 is 0. The first-order valence-corrected chi connectivity index (χ1v) is 23.4. The monoisotopic (exact) mass is 817 g/mol. The lowest BCUT2D eigenvalue weighted by Gasteiger charge is -2.18. The standard InChI is InChI=1S/C53H84O6/c1-4-7-10-13-16-19-22-25-26-27-29-31-34-37-40-43-46-52(55)58-49-50(48-57-51(54)45-42-39-36-33-30-24-21-18-15-12-9-6-3)59-53(56)47-44-41-38-35-32-28-23-20-17-14-11-8-5-2/h7-8,10-11,14,16-17,19-20,23,25-26,28-29,31-32,37,40,50H,4-6,9,12-13,15,18,21-22,24,27,30,33-36,38-39,41-49H2,1-3H3/b10-7-,11-8-,17-14-,19-16-,23-20-,26-25-,31-29-,32-28-,40-37-. The molecule has 0 radical (unpaired) electrons. The Morgan fingerprint density at radius 2 is 0.780 bits per heavy atom. The summed E-state index contributed by atoms with van der Waals surface area (Å²) in [5, 5.41) is 0. The van der Waals surface area contributed by atoms with Crippen molar-refractivity contribution >= 4 is 17.9 Å². The molecule has 0 spiro atoms. The van der Waals surface area contributed by atoms with Crippen molar-refractivity contribution in [2.45, 2.75) is 194 Å². The fourth-order valence-electron chi connectivity index (χ4n) is 5.91. The summed E-state index contributed by atoms with van der Waals surface area (Å²) in [5.74, 6) is -1.05. The quantitative estimate of drug-likeness (QED) is 0.0201. The zero-order chi connectivity index (χ0) is 43.0. The SMILES string of the molecule is CC\C=C/C=C\C=C/C=C\CCCCCC(=O)OC(COC(=O)CC/C=C\C/C=C\C/C=C\C/C=C\C/C=C\CC)COC(=O)CCCCCCCCCCCCCC. The summed E-state index contributed by atoms with van der Waals surface area (Å²) in [6.45, 7) is 6.25. The van der Waals surface area contributed by atoms with Crippen LogP contribution in [-0.4, -0.2) is 37.2 Å². The van der Waals surface area contributed by atoms with E-state index in [2.05, 4.69) is 81.5 Å². The molecule has 1 unspecified atom stereocenters. The predicted molar refractivity (Wildman–Crippen MR) is 251 cm³/mol. The summed E-state index contributed by atoms with van der Waals surface area (Å²) in [7, 11) is 0. The van der Waals surface area contributed by atoms with Crippen LogP contribution in [0.4, 0.5) is 0 Å². The molecule has 0 aliphatic rings. The fourth-order valence-corrected chi connectivity index (χ4v) is 5.91. The van der Waals surface area contributed by atoms with Gasteiger partial charge < -0.3 is 14.2 Å². The molecule has 332 valence electrons. The van der Waals surface area contributed by atoms with Gasteiger partial charge in [0.05, 0.1) is 0 Å². The van der Waals surface area contributed by atoms with Gasteiger partial charge in [0.2, 0.25) is 0 Å². The molecule has 0 aromatic carbocycles. The van der Waals surface area contributed by atoms with Gasteiger partial charge in [0.1, 0.15) is 13.2 Å². The predicted octanol–water partition coefficient (Wildman–Crippen LogP) is 15.2.